The molecule has 5 nitrogen and oxygen atoms in total. The van der Waals surface area contributed by atoms with Crippen molar-refractivity contribution in [1.29, 1.82) is 0 Å². The van der Waals surface area contributed by atoms with Crippen LogP contribution in [0.5, 0.6) is 0 Å². The third kappa shape index (κ3) is 4.88. The predicted molar refractivity (Wildman–Crippen MR) is 74.5 cm³/mol. The largest absolute Gasteiger partial charge is 0.458 e. The standard InChI is InChI=1S/C13H24F2O5S/c1-9(2)7-12(6,11(3,4)5)10(16)20-8-13(14,15)21(17,18)19/h9H,7-8H2,1-6H3,(H,17,18,19). The molecule has 0 aliphatic rings. The lowest BCUT2D eigenvalue weighted by Crippen LogP contribution is -2.45. The van der Waals surface area contributed by atoms with Crippen LogP contribution in [0.3, 0.4) is 0 Å². The third-order valence-electron chi connectivity index (χ3n) is 3.67. The van der Waals surface area contributed by atoms with Crippen molar-refractivity contribution in [3.05, 3.63) is 0 Å². The summed E-state index contributed by atoms with van der Waals surface area (Å²) in [6, 6.07) is 0. The molecule has 0 saturated carbocycles. The van der Waals surface area contributed by atoms with E-state index in [0.717, 1.165) is 0 Å². The Balaban J connectivity index is 5.21. The first-order chi connectivity index (χ1) is 9.04. The van der Waals surface area contributed by atoms with Gasteiger partial charge in [-0.2, -0.15) is 17.2 Å². The number of carbonyl (C=O) groups is 1. The average Bonchev–Trinajstić information content (AvgIpc) is 2.21. The van der Waals surface area contributed by atoms with Gasteiger partial charge in [0.15, 0.2) is 6.61 Å². The summed E-state index contributed by atoms with van der Waals surface area (Å²) in [6.07, 6.45) is 0.396. The highest BCUT2D eigenvalue weighted by atomic mass is 32.2. The Morgan fingerprint density at radius 2 is 1.62 bits per heavy atom. The van der Waals surface area contributed by atoms with Crippen LogP contribution in [-0.4, -0.2) is 30.8 Å². The summed E-state index contributed by atoms with van der Waals surface area (Å²) in [4.78, 5) is 12.2. The zero-order chi connectivity index (χ0) is 17.3. The van der Waals surface area contributed by atoms with Crippen LogP contribution in [0.15, 0.2) is 0 Å². The maximum absolute atomic E-state index is 13.1. The highest BCUT2D eigenvalue weighted by molar-refractivity contribution is 7.86. The molecule has 0 aliphatic heterocycles. The van der Waals surface area contributed by atoms with Gasteiger partial charge in [0.1, 0.15) is 0 Å². The molecule has 1 N–H and O–H groups in total. The molecule has 1 atom stereocenters. The minimum Gasteiger partial charge on any atom is -0.458 e. The number of hydrogen-bond acceptors (Lipinski definition) is 4. The normalized spacial score (nSPS) is 16.7. The molecule has 0 aromatic rings. The quantitative estimate of drug-likeness (QED) is 0.598. The molecule has 0 bridgehead atoms. The van der Waals surface area contributed by atoms with E-state index in [1.54, 1.807) is 27.7 Å². The van der Waals surface area contributed by atoms with E-state index >= 15 is 0 Å². The van der Waals surface area contributed by atoms with Gasteiger partial charge < -0.3 is 4.74 Å². The number of hydrogen-bond donors (Lipinski definition) is 1. The SMILES string of the molecule is CC(C)CC(C)(C(=O)OCC(F)(F)S(=O)(=O)O)C(C)(C)C. The number of halogens is 2. The van der Waals surface area contributed by atoms with Gasteiger partial charge in [0.25, 0.3) is 0 Å². The van der Waals surface area contributed by atoms with Crippen molar-refractivity contribution in [3.8, 4) is 0 Å². The van der Waals surface area contributed by atoms with E-state index in [-0.39, 0.29) is 5.92 Å². The predicted octanol–water partition coefficient (Wildman–Crippen LogP) is 3.11. The Hall–Kier alpha value is -0.760. The van der Waals surface area contributed by atoms with Gasteiger partial charge in [-0.15, -0.1) is 0 Å². The van der Waals surface area contributed by atoms with Gasteiger partial charge in [-0.1, -0.05) is 34.6 Å². The van der Waals surface area contributed by atoms with Crippen molar-refractivity contribution in [3.63, 3.8) is 0 Å². The van der Waals surface area contributed by atoms with Gasteiger partial charge in [0.05, 0.1) is 5.41 Å². The zero-order valence-electron chi connectivity index (χ0n) is 13.2. The van der Waals surface area contributed by atoms with E-state index in [4.69, 9.17) is 4.55 Å². The van der Waals surface area contributed by atoms with Crippen molar-refractivity contribution in [2.45, 2.75) is 53.2 Å². The van der Waals surface area contributed by atoms with E-state index in [1.807, 2.05) is 13.8 Å². The van der Waals surface area contributed by atoms with Crippen molar-refractivity contribution in [2.75, 3.05) is 6.61 Å². The topological polar surface area (TPSA) is 80.7 Å². The van der Waals surface area contributed by atoms with E-state index in [2.05, 4.69) is 4.74 Å². The number of ether oxygens (including phenoxy) is 1. The molecule has 0 fully saturated rings. The van der Waals surface area contributed by atoms with Crippen LogP contribution < -0.4 is 0 Å². The lowest BCUT2D eigenvalue weighted by atomic mass is 9.64. The van der Waals surface area contributed by atoms with Gasteiger partial charge in [0.2, 0.25) is 0 Å². The molecule has 0 aromatic heterocycles. The van der Waals surface area contributed by atoms with Crippen molar-refractivity contribution >= 4 is 16.1 Å². The summed E-state index contributed by atoms with van der Waals surface area (Å²) in [6.45, 7) is 8.98. The molecule has 0 radical (unpaired) electrons. The monoisotopic (exact) mass is 330 g/mol. The van der Waals surface area contributed by atoms with Crippen LogP contribution in [0, 0.1) is 16.7 Å². The molecule has 0 amide bonds. The second-order valence-corrected chi connectivity index (χ2v) is 8.42. The van der Waals surface area contributed by atoms with Gasteiger partial charge in [-0.3, -0.25) is 9.35 Å². The molecule has 0 spiro atoms. The molecular weight excluding hydrogens is 306 g/mol. The number of esters is 1. The van der Waals surface area contributed by atoms with Gasteiger partial charge >= 0.3 is 21.3 Å². The first-order valence-electron chi connectivity index (χ1n) is 6.56. The Morgan fingerprint density at radius 1 is 1.19 bits per heavy atom. The van der Waals surface area contributed by atoms with Crippen LogP contribution >= 0.6 is 0 Å². The molecule has 0 aliphatic carbocycles. The smallest absolute Gasteiger partial charge is 0.402 e. The zero-order valence-corrected chi connectivity index (χ0v) is 14.1. The summed E-state index contributed by atoms with van der Waals surface area (Å²) < 4.78 is 60.1. The van der Waals surface area contributed by atoms with Gasteiger partial charge in [-0.25, -0.2) is 0 Å². The van der Waals surface area contributed by atoms with Crippen LogP contribution in [0.25, 0.3) is 0 Å². The van der Waals surface area contributed by atoms with Crippen molar-refractivity contribution < 1.29 is 31.3 Å². The Labute approximate surface area is 124 Å². The van der Waals surface area contributed by atoms with E-state index < -0.39 is 38.8 Å². The fourth-order valence-electron chi connectivity index (χ4n) is 1.90. The van der Waals surface area contributed by atoms with E-state index in [1.165, 1.54) is 0 Å². The number of alkyl halides is 2. The summed E-state index contributed by atoms with van der Waals surface area (Å²) in [7, 11) is -5.61. The fraction of sp³-hybridized carbons (Fsp3) is 0.923. The first kappa shape index (κ1) is 20.2. The molecule has 0 aromatic carbocycles. The minimum atomic E-state index is -5.61. The molecular formula is C13H24F2O5S. The Bertz CT molecular complexity index is 479. The molecule has 0 heterocycles. The third-order valence-corrected chi connectivity index (χ3v) is 4.54. The Kier molecular flexibility index (Phi) is 5.94. The molecule has 0 rings (SSSR count). The molecule has 126 valence electrons. The second-order valence-electron chi connectivity index (χ2n) is 6.87. The second kappa shape index (κ2) is 6.16. The maximum atomic E-state index is 13.1. The van der Waals surface area contributed by atoms with Crippen LogP contribution in [0.4, 0.5) is 8.78 Å². The summed E-state index contributed by atoms with van der Waals surface area (Å²) in [5.74, 6) is -0.795. The average molecular weight is 330 g/mol. The molecule has 1 unspecified atom stereocenters. The van der Waals surface area contributed by atoms with Crippen LogP contribution in [0.2, 0.25) is 0 Å². The molecule has 0 saturated heterocycles. The van der Waals surface area contributed by atoms with Crippen LogP contribution in [-0.2, 0) is 19.6 Å². The van der Waals surface area contributed by atoms with Crippen molar-refractivity contribution in [2.24, 2.45) is 16.7 Å². The maximum Gasteiger partial charge on any atom is 0.402 e. The minimum absolute atomic E-state index is 0.115. The summed E-state index contributed by atoms with van der Waals surface area (Å²) >= 11 is 0. The van der Waals surface area contributed by atoms with Gasteiger partial charge in [0, 0.05) is 0 Å². The van der Waals surface area contributed by atoms with Crippen molar-refractivity contribution in [1.82, 2.24) is 0 Å². The Morgan fingerprint density at radius 3 is 1.90 bits per heavy atom. The first-order valence-corrected chi connectivity index (χ1v) is 8.01. The van der Waals surface area contributed by atoms with Crippen LogP contribution in [0.1, 0.15) is 48.0 Å². The van der Waals surface area contributed by atoms with Gasteiger partial charge in [-0.05, 0) is 24.7 Å². The summed E-state index contributed by atoms with van der Waals surface area (Å²) in [5, 5.41) is -4.51. The fourth-order valence-corrected chi connectivity index (χ4v) is 2.10. The molecule has 21 heavy (non-hydrogen) atoms. The summed E-state index contributed by atoms with van der Waals surface area (Å²) in [5.41, 5.74) is -1.63. The highest BCUT2D eigenvalue weighted by Crippen LogP contribution is 2.44. The van der Waals surface area contributed by atoms with E-state index in [9.17, 15) is 22.0 Å². The van der Waals surface area contributed by atoms with E-state index in [0.29, 0.717) is 6.42 Å². The number of carbonyl (C=O) groups excluding carboxylic acids is 1. The lowest BCUT2D eigenvalue weighted by molar-refractivity contribution is -0.169. The lowest BCUT2D eigenvalue weighted by Gasteiger charge is -2.41. The number of rotatable bonds is 6. The molecule has 8 heteroatoms. The highest BCUT2D eigenvalue weighted by Gasteiger charge is 2.50.